The highest BCUT2D eigenvalue weighted by Crippen LogP contribution is 2.42. The second-order valence-electron chi connectivity index (χ2n) is 7.66. The first-order valence-corrected chi connectivity index (χ1v) is 10.8. The average Bonchev–Trinajstić information content (AvgIpc) is 3.14. The molecule has 3 aromatic rings. The molecule has 0 saturated heterocycles. The predicted octanol–water partition coefficient (Wildman–Crippen LogP) is 4.48. The molecule has 2 atom stereocenters. The molecule has 2 aromatic carbocycles. The molecule has 1 aliphatic heterocycles. The lowest BCUT2D eigenvalue weighted by Crippen LogP contribution is -2.50. The fraction of sp³-hybridized carbons (Fsp3) is 0.375. The summed E-state index contributed by atoms with van der Waals surface area (Å²) >= 11 is 0. The van der Waals surface area contributed by atoms with Gasteiger partial charge in [0.2, 0.25) is 11.9 Å². The fourth-order valence-electron chi connectivity index (χ4n) is 4.27. The minimum absolute atomic E-state index is 0.139. The van der Waals surface area contributed by atoms with Gasteiger partial charge in [-0.3, -0.25) is 14.5 Å². The molecule has 7 heteroatoms. The monoisotopic (exact) mass is 423 g/mol. The summed E-state index contributed by atoms with van der Waals surface area (Å²) in [5.41, 5.74) is 1.70. The molecule has 0 aliphatic carbocycles. The van der Waals surface area contributed by atoms with Crippen LogP contribution in [0.15, 0.2) is 48.5 Å². The number of unbranched alkanes of at least 4 members (excludes halogenated alkanes) is 2. The Morgan fingerprint density at radius 1 is 1.10 bits per heavy atom. The van der Waals surface area contributed by atoms with Crippen molar-refractivity contribution in [2.45, 2.75) is 39.2 Å². The summed E-state index contributed by atoms with van der Waals surface area (Å²) < 4.78 is 22.1. The van der Waals surface area contributed by atoms with Crippen LogP contribution in [0.2, 0.25) is 0 Å². The lowest BCUT2D eigenvalue weighted by molar-refractivity contribution is -0.153. The van der Waals surface area contributed by atoms with Crippen molar-refractivity contribution in [1.29, 1.82) is 0 Å². The third kappa shape index (κ3) is 3.69. The lowest BCUT2D eigenvalue weighted by atomic mass is 9.89. The first-order chi connectivity index (χ1) is 15.1. The molecule has 0 fully saturated rings. The standard InChI is InChI=1S/C24H26FN3O3/c1-3-5-10-15-27-22(29)20(23(30)31-4-2)21(16-11-6-7-12-17(16)25)28-19-14-9-8-13-18(19)26-24(27)28/h6-9,11-14,20-21H,3-5,10,15H2,1-2H3/t20-,21+/m1/s1. The molecule has 6 nitrogen and oxygen atoms in total. The van der Waals surface area contributed by atoms with Crippen LogP contribution in [0, 0.1) is 11.7 Å². The van der Waals surface area contributed by atoms with E-state index in [0.717, 1.165) is 24.8 Å². The summed E-state index contributed by atoms with van der Waals surface area (Å²) in [5.74, 6) is -2.27. The van der Waals surface area contributed by atoms with Crippen LogP contribution in [0.25, 0.3) is 11.0 Å². The molecule has 1 aromatic heterocycles. The molecule has 1 amide bonds. The molecule has 0 unspecified atom stereocenters. The zero-order chi connectivity index (χ0) is 22.0. The van der Waals surface area contributed by atoms with Crippen molar-refractivity contribution in [2.75, 3.05) is 18.1 Å². The molecular formula is C24H26FN3O3. The SMILES string of the molecule is CCCCCN1C(=O)[C@H](C(=O)OCC)[C@H](c2ccccc2F)n2c1nc1ccccc12. The molecule has 4 rings (SSSR count). The highest BCUT2D eigenvalue weighted by Gasteiger charge is 2.48. The van der Waals surface area contributed by atoms with Crippen LogP contribution in [0.4, 0.5) is 10.3 Å². The van der Waals surface area contributed by atoms with Crippen molar-refractivity contribution in [3.05, 3.63) is 59.9 Å². The van der Waals surface area contributed by atoms with Crippen molar-refractivity contribution >= 4 is 28.9 Å². The Bertz CT molecular complexity index is 1110. The molecular weight excluding hydrogens is 397 g/mol. The van der Waals surface area contributed by atoms with E-state index >= 15 is 0 Å². The number of anilines is 1. The molecule has 1 aliphatic rings. The highest BCUT2D eigenvalue weighted by molar-refractivity contribution is 6.08. The third-order valence-corrected chi connectivity index (χ3v) is 5.69. The van der Waals surface area contributed by atoms with Gasteiger partial charge in [-0.1, -0.05) is 50.1 Å². The Hall–Kier alpha value is -3.22. The second kappa shape index (κ2) is 8.88. The van der Waals surface area contributed by atoms with Crippen LogP contribution in [0.3, 0.4) is 0 Å². The van der Waals surface area contributed by atoms with Gasteiger partial charge in [0.15, 0.2) is 5.92 Å². The number of rotatable bonds is 7. The summed E-state index contributed by atoms with van der Waals surface area (Å²) in [6, 6.07) is 12.8. The van der Waals surface area contributed by atoms with E-state index in [2.05, 4.69) is 6.92 Å². The van der Waals surface area contributed by atoms with Crippen LogP contribution >= 0.6 is 0 Å². The number of carbonyl (C=O) groups excluding carboxylic acids is 2. The minimum atomic E-state index is -1.19. The van der Waals surface area contributed by atoms with E-state index in [9.17, 15) is 14.0 Å². The van der Waals surface area contributed by atoms with E-state index in [1.54, 1.807) is 30.0 Å². The van der Waals surface area contributed by atoms with Crippen molar-refractivity contribution in [1.82, 2.24) is 9.55 Å². The average molecular weight is 423 g/mol. The van der Waals surface area contributed by atoms with Crippen molar-refractivity contribution < 1.29 is 18.7 Å². The minimum Gasteiger partial charge on any atom is -0.465 e. The van der Waals surface area contributed by atoms with E-state index in [1.807, 2.05) is 28.8 Å². The number of ether oxygens (including phenoxy) is 1. The molecule has 0 radical (unpaired) electrons. The summed E-state index contributed by atoms with van der Waals surface area (Å²) in [7, 11) is 0. The van der Waals surface area contributed by atoms with Crippen LogP contribution in [-0.4, -0.2) is 34.6 Å². The van der Waals surface area contributed by atoms with Gasteiger partial charge in [0.05, 0.1) is 23.7 Å². The number of para-hydroxylation sites is 2. The number of benzene rings is 2. The van der Waals surface area contributed by atoms with E-state index in [1.165, 1.54) is 6.07 Å². The maximum atomic E-state index is 15.0. The first kappa shape index (κ1) is 21.0. The molecule has 0 saturated carbocycles. The smallest absolute Gasteiger partial charge is 0.321 e. The van der Waals surface area contributed by atoms with Gasteiger partial charge in [-0.25, -0.2) is 9.37 Å². The maximum absolute atomic E-state index is 15.0. The van der Waals surface area contributed by atoms with Crippen LogP contribution in [-0.2, 0) is 14.3 Å². The third-order valence-electron chi connectivity index (χ3n) is 5.69. The molecule has 0 N–H and O–H groups in total. The Labute approximate surface area is 180 Å². The molecule has 31 heavy (non-hydrogen) atoms. The Morgan fingerprint density at radius 2 is 1.84 bits per heavy atom. The van der Waals surface area contributed by atoms with Crippen molar-refractivity contribution in [3.63, 3.8) is 0 Å². The predicted molar refractivity (Wildman–Crippen MR) is 116 cm³/mol. The number of halogens is 1. The van der Waals surface area contributed by atoms with E-state index < -0.39 is 29.7 Å². The van der Waals surface area contributed by atoms with Gasteiger partial charge in [0.1, 0.15) is 5.82 Å². The van der Waals surface area contributed by atoms with E-state index in [4.69, 9.17) is 9.72 Å². The van der Waals surface area contributed by atoms with Gasteiger partial charge >= 0.3 is 5.97 Å². The summed E-state index contributed by atoms with van der Waals surface area (Å²) in [5, 5.41) is 0. The van der Waals surface area contributed by atoms with E-state index in [-0.39, 0.29) is 12.2 Å². The number of fused-ring (bicyclic) bond motifs is 3. The molecule has 0 spiro atoms. The van der Waals surface area contributed by atoms with Crippen LogP contribution in [0.5, 0.6) is 0 Å². The highest BCUT2D eigenvalue weighted by atomic mass is 19.1. The maximum Gasteiger partial charge on any atom is 0.321 e. The van der Waals surface area contributed by atoms with Gasteiger partial charge in [0.25, 0.3) is 0 Å². The fourth-order valence-corrected chi connectivity index (χ4v) is 4.27. The number of amides is 1. The molecule has 0 bridgehead atoms. The van der Waals surface area contributed by atoms with Crippen LogP contribution in [0.1, 0.15) is 44.7 Å². The summed E-state index contributed by atoms with van der Waals surface area (Å²) in [6.45, 7) is 4.36. The number of hydrogen-bond acceptors (Lipinski definition) is 4. The summed E-state index contributed by atoms with van der Waals surface area (Å²) in [6.07, 6.45) is 2.73. The zero-order valence-corrected chi connectivity index (χ0v) is 17.8. The van der Waals surface area contributed by atoms with Crippen molar-refractivity contribution in [3.8, 4) is 0 Å². The largest absolute Gasteiger partial charge is 0.465 e. The number of nitrogens with zero attached hydrogens (tertiary/aromatic N) is 3. The van der Waals surface area contributed by atoms with Crippen LogP contribution < -0.4 is 4.90 Å². The Balaban J connectivity index is 1.96. The lowest BCUT2D eigenvalue weighted by Gasteiger charge is -2.38. The van der Waals surface area contributed by atoms with Gasteiger partial charge in [-0.15, -0.1) is 0 Å². The van der Waals surface area contributed by atoms with Gasteiger partial charge < -0.3 is 9.30 Å². The number of carbonyl (C=O) groups is 2. The number of imidazole rings is 1. The number of esters is 1. The topological polar surface area (TPSA) is 64.4 Å². The molecule has 162 valence electrons. The zero-order valence-electron chi connectivity index (χ0n) is 17.8. The summed E-state index contributed by atoms with van der Waals surface area (Å²) in [4.78, 5) is 32.9. The van der Waals surface area contributed by atoms with Gasteiger partial charge in [0, 0.05) is 12.1 Å². The van der Waals surface area contributed by atoms with E-state index in [0.29, 0.717) is 18.0 Å². The number of aromatic nitrogens is 2. The van der Waals surface area contributed by atoms with Gasteiger partial charge in [-0.05, 0) is 31.5 Å². The van der Waals surface area contributed by atoms with Gasteiger partial charge in [-0.2, -0.15) is 0 Å². The number of hydrogen-bond donors (Lipinski definition) is 0. The Kier molecular flexibility index (Phi) is 6.02. The normalized spacial score (nSPS) is 18.3. The Morgan fingerprint density at radius 3 is 2.58 bits per heavy atom. The second-order valence-corrected chi connectivity index (χ2v) is 7.66. The first-order valence-electron chi connectivity index (χ1n) is 10.8. The molecule has 2 heterocycles. The quantitative estimate of drug-likeness (QED) is 0.319. The van der Waals surface area contributed by atoms with Crippen molar-refractivity contribution in [2.24, 2.45) is 5.92 Å².